The summed E-state index contributed by atoms with van der Waals surface area (Å²) < 4.78 is 6.21. The van der Waals surface area contributed by atoms with Gasteiger partial charge in [-0.25, -0.2) is 0 Å². The van der Waals surface area contributed by atoms with Crippen LogP contribution in [0.1, 0.15) is 80.3 Å². The first-order valence-corrected chi connectivity index (χ1v) is 13.8. The fourth-order valence-electron chi connectivity index (χ4n) is 5.42. The van der Waals surface area contributed by atoms with E-state index in [4.69, 9.17) is 4.74 Å². The number of amides is 2. The average molecular weight is 481 g/mol. The largest absolute Gasteiger partial charge is 0.491 e. The molecule has 5 rings (SSSR count). The lowest BCUT2D eigenvalue weighted by molar-refractivity contribution is -0.145. The number of ether oxygens (including phenoxy) is 1. The summed E-state index contributed by atoms with van der Waals surface area (Å²) in [7, 11) is 0. The van der Waals surface area contributed by atoms with Crippen molar-refractivity contribution in [3.8, 4) is 5.75 Å². The monoisotopic (exact) mass is 480 g/mol. The van der Waals surface area contributed by atoms with Gasteiger partial charge in [0.1, 0.15) is 18.9 Å². The highest BCUT2D eigenvalue weighted by Gasteiger charge is 2.40. The van der Waals surface area contributed by atoms with E-state index in [1.165, 1.54) is 16.0 Å². The summed E-state index contributed by atoms with van der Waals surface area (Å²) in [5.74, 6) is 1.69. The number of carbonyl (C=O) groups excluding carboxylic acids is 2. The zero-order valence-electron chi connectivity index (χ0n) is 20.4. The highest BCUT2D eigenvalue weighted by molar-refractivity contribution is 7.10. The Bertz CT molecular complexity index is 1000. The van der Waals surface area contributed by atoms with E-state index in [1.54, 1.807) is 11.3 Å². The first-order chi connectivity index (χ1) is 16.5. The molecule has 3 aliphatic rings. The minimum Gasteiger partial charge on any atom is -0.491 e. The highest BCUT2D eigenvalue weighted by atomic mass is 32.1. The average Bonchev–Trinajstić information content (AvgIpc) is 3.32. The van der Waals surface area contributed by atoms with Crippen molar-refractivity contribution >= 4 is 23.2 Å². The Morgan fingerprint density at radius 3 is 2.50 bits per heavy atom. The minimum absolute atomic E-state index is 0.0545. The molecule has 1 aromatic heterocycles. The molecule has 0 bridgehead atoms. The molecule has 2 amide bonds. The van der Waals surface area contributed by atoms with Crippen LogP contribution in [0.2, 0.25) is 0 Å². The first kappa shape index (κ1) is 23.4. The van der Waals surface area contributed by atoms with Crippen molar-refractivity contribution in [1.82, 2.24) is 9.80 Å². The fraction of sp³-hybridized carbons (Fsp3) is 0.571. The van der Waals surface area contributed by atoms with Crippen LogP contribution >= 0.6 is 11.3 Å². The third kappa shape index (κ3) is 5.02. The van der Waals surface area contributed by atoms with Crippen LogP contribution in [-0.4, -0.2) is 47.4 Å². The number of nitrogens with zero attached hydrogens (tertiary/aromatic N) is 2. The molecule has 34 heavy (non-hydrogen) atoms. The molecule has 0 saturated heterocycles. The molecule has 2 aliphatic carbocycles. The van der Waals surface area contributed by atoms with E-state index in [2.05, 4.69) is 37.4 Å². The van der Waals surface area contributed by atoms with E-state index in [1.807, 2.05) is 21.9 Å². The minimum atomic E-state index is -0.116. The molecule has 6 heteroatoms. The standard InChI is InChI=1S/C28H36N2O3S/c1-19(2)20-7-11-23(12-8-20)33-18-25-24-14-16-34-26(24)13-15-29(25)27(31)17-30(22-9-10-22)28(32)21-5-3-4-6-21/h7-8,11-12,14,16,19,21-22,25H,3-6,9-10,13,15,17-18H2,1-2H3/t25-/m0/s1. The zero-order chi connectivity index (χ0) is 23.7. The lowest BCUT2D eigenvalue weighted by Crippen LogP contribution is -2.49. The van der Waals surface area contributed by atoms with Crippen LogP contribution in [-0.2, 0) is 16.0 Å². The Kier molecular flexibility index (Phi) is 6.96. The lowest BCUT2D eigenvalue weighted by atomic mass is 10.00. The molecule has 1 atom stereocenters. The van der Waals surface area contributed by atoms with Gasteiger partial charge in [-0.15, -0.1) is 11.3 Å². The molecule has 0 N–H and O–H groups in total. The van der Waals surface area contributed by atoms with Gasteiger partial charge in [0.15, 0.2) is 0 Å². The maximum Gasteiger partial charge on any atom is 0.242 e. The van der Waals surface area contributed by atoms with Gasteiger partial charge < -0.3 is 14.5 Å². The van der Waals surface area contributed by atoms with Gasteiger partial charge in [-0.2, -0.15) is 0 Å². The van der Waals surface area contributed by atoms with E-state index in [9.17, 15) is 9.59 Å². The van der Waals surface area contributed by atoms with Crippen LogP contribution in [0.5, 0.6) is 5.75 Å². The SMILES string of the molecule is CC(C)c1ccc(OC[C@H]2c3ccsc3CCN2C(=O)CN(C(=O)C2CCCC2)C2CC2)cc1. The number of fused-ring (bicyclic) bond motifs is 1. The van der Waals surface area contributed by atoms with Crippen LogP contribution in [0.4, 0.5) is 0 Å². The van der Waals surface area contributed by atoms with Gasteiger partial charge >= 0.3 is 0 Å². The Hall–Kier alpha value is -2.34. The molecule has 0 radical (unpaired) electrons. The fourth-order valence-corrected chi connectivity index (χ4v) is 6.34. The molecule has 2 heterocycles. The third-order valence-electron chi connectivity index (χ3n) is 7.65. The summed E-state index contributed by atoms with van der Waals surface area (Å²) >= 11 is 1.76. The molecule has 1 aromatic carbocycles. The second-order valence-corrected chi connectivity index (χ2v) is 11.4. The van der Waals surface area contributed by atoms with E-state index in [0.29, 0.717) is 19.1 Å². The molecule has 0 spiro atoms. The summed E-state index contributed by atoms with van der Waals surface area (Å²) in [6, 6.07) is 10.5. The van der Waals surface area contributed by atoms with Crippen molar-refractivity contribution < 1.29 is 14.3 Å². The topological polar surface area (TPSA) is 49.9 Å². The summed E-state index contributed by atoms with van der Waals surface area (Å²) in [5.41, 5.74) is 2.48. The number of thiophene rings is 1. The lowest BCUT2D eigenvalue weighted by Gasteiger charge is -2.37. The molecule has 2 aromatic rings. The number of hydrogen-bond acceptors (Lipinski definition) is 4. The van der Waals surface area contributed by atoms with Crippen molar-refractivity contribution in [2.24, 2.45) is 5.92 Å². The van der Waals surface area contributed by atoms with Crippen molar-refractivity contribution in [3.05, 3.63) is 51.7 Å². The maximum atomic E-state index is 13.6. The number of hydrogen-bond donors (Lipinski definition) is 0. The van der Waals surface area contributed by atoms with E-state index in [0.717, 1.165) is 50.7 Å². The van der Waals surface area contributed by atoms with Crippen LogP contribution in [0.3, 0.4) is 0 Å². The molecular formula is C28H36N2O3S. The van der Waals surface area contributed by atoms with E-state index < -0.39 is 0 Å². The molecule has 2 fully saturated rings. The number of rotatable bonds is 8. The van der Waals surface area contributed by atoms with Gasteiger partial charge in [0.25, 0.3) is 0 Å². The quantitative estimate of drug-likeness (QED) is 0.497. The first-order valence-electron chi connectivity index (χ1n) is 12.9. The summed E-state index contributed by atoms with van der Waals surface area (Å²) in [6.45, 7) is 5.68. The van der Waals surface area contributed by atoms with Gasteiger partial charge in [-0.05, 0) is 72.7 Å². The van der Waals surface area contributed by atoms with Crippen molar-refractivity contribution in [2.45, 2.75) is 76.8 Å². The Morgan fingerprint density at radius 1 is 1.09 bits per heavy atom. The van der Waals surface area contributed by atoms with Crippen LogP contribution < -0.4 is 4.74 Å². The molecule has 2 saturated carbocycles. The summed E-state index contributed by atoms with van der Waals surface area (Å²) in [5, 5.41) is 2.11. The van der Waals surface area contributed by atoms with E-state index in [-0.39, 0.29) is 36.4 Å². The van der Waals surface area contributed by atoms with Crippen LogP contribution in [0.15, 0.2) is 35.7 Å². The van der Waals surface area contributed by atoms with Gasteiger partial charge in [0, 0.05) is 23.4 Å². The second kappa shape index (κ2) is 10.1. The smallest absolute Gasteiger partial charge is 0.242 e. The Morgan fingerprint density at radius 2 is 1.82 bits per heavy atom. The number of carbonyl (C=O) groups is 2. The molecule has 0 unspecified atom stereocenters. The van der Waals surface area contributed by atoms with Crippen molar-refractivity contribution in [1.29, 1.82) is 0 Å². The van der Waals surface area contributed by atoms with Gasteiger partial charge in [-0.1, -0.05) is 38.8 Å². The predicted octanol–water partition coefficient (Wildman–Crippen LogP) is 5.56. The van der Waals surface area contributed by atoms with E-state index >= 15 is 0 Å². The Balaban J connectivity index is 1.29. The van der Waals surface area contributed by atoms with Gasteiger partial charge in [-0.3, -0.25) is 9.59 Å². The molecule has 182 valence electrons. The second-order valence-electron chi connectivity index (χ2n) is 10.4. The zero-order valence-corrected chi connectivity index (χ0v) is 21.2. The molecule has 5 nitrogen and oxygen atoms in total. The van der Waals surface area contributed by atoms with Crippen molar-refractivity contribution in [2.75, 3.05) is 19.7 Å². The van der Waals surface area contributed by atoms with Gasteiger partial charge in [0.2, 0.25) is 11.8 Å². The van der Waals surface area contributed by atoms with Crippen LogP contribution in [0, 0.1) is 5.92 Å². The molecular weight excluding hydrogens is 444 g/mol. The summed E-state index contributed by atoms with van der Waals surface area (Å²) in [4.78, 5) is 32.0. The van der Waals surface area contributed by atoms with Crippen molar-refractivity contribution in [3.63, 3.8) is 0 Å². The molecule has 1 aliphatic heterocycles. The van der Waals surface area contributed by atoms with Gasteiger partial charge in [0.05, 0.1) is 6.04 Å². The maximum absolute atomic E-state index is 13.6. The Labute approximate surface area is 207 Å². The predicted molar refractivity (Wildman–Crippen MR) is 135 cm³/mol. The third-order valence-corrected chi connectivity index (χ3v) is 8.65. The van der Waals surface area contributed by atoms with Crippen LogP contribution in [0.25, 0.3) is 0 Å². The summed E-state index contributed by atoms with van der Waals surface area (Å²) in [6.07, 6.45) is 7.15. The highest BCUT2D eigenvalue weighted by Crippen LogP contribution is 2.36. The normalized spacial score (nSPS) is 20.4. The number of benzene rings is 1.